The summed E-state index contributed by atoms with van der Waals surface area (Å²) in [5.41, 5.74) is 6.34. The lowest BCUT2D eigenvalue weighted by Gasteiger charge is -2.39. The second-order valence-electron chi connectivity index (χ2n) is 9.66. The first kappa shape index (κ1) is 23.9. The van der Waals surface area contributed by atoms with Crippen LogP contribution in [0.5, 0.6) is 0 Å². The van der Waals surface area contributed by atoms with Crippen LogP contribution in [0, 0.1) is 12.8 Å². The molecule has 0 spiro atoms. The topological polar surface area (TPSA) is 56.9 Å². The fraction of sp³-hybridized carbons (Fsp3) is 0.556. The quantitative estimate of drug-likeness (QED) is 0.639. The van der Waals surface area contributed by atoms with Gasteiger partial charge in [0.15, 0.2) is 0 Å². The molecule has 0 aromatic carbocycles. The summed E-state index contributed by atoms with van der Waals surface area (Å²) in [6, 6.07) is 11.3. The molecule has 0 saturated carbocycles. The first-order chi connectivity index (χ1) is 16.1. The third kappa shape index (κ3) is 4.98. The van der Waals surface area contributed by atoms with Crippen LogP contribution in [0.2, 0.25) is 0 Å². The van der Waals surface area contributed by atoms with E-state index in [0.29, 0.717) is 12.1 Å². The van der Waals surface area contributed by atoms with Gasteiger partial charge in [-0.2, -0.15) is 0 Å². The molecular weight excluding hydrogens is 410 g/mol. The molecule has 178 valence electrons. The van der Waals surface area contributed by atoms with E-state index >= 15 is 0 Å². The van der Waals surface area contributed by atoms with Gasteiger partial charge in [-0.1, -0.05) is 12.1 Å². The summed E-state index contributed by atoms with van der Waals surface area (Å²) in [6.45, 7) is 4.61. The molecule has 0 aliphatic carbocycles. The molecule has 5 heterocycles. The van der Waals surface area contributed by atoms with E-state index < -0.39 is 0 Å². The third-order valence-electron chi connectivity index (χ3n) is 7.60. The molecule has 0 amide bonds. The Morgan fingerprint density at radius 1 is 0.939 bits per heavy atom. The fourth-order valence-corrected chi connectivity index (χ4v) is 5.71. The number of piperidine rings is 2. The Kier molecular flexibility index (Phi) is 7.78. The fourth-order valence-electron chi connectivity index (χ4n) is 5.71. The van der Waals surface area contributed by atoms with Crippen LogP contribution in [0.1, 0.15) is 66.8 Å². The lowest BCUT2D eigenvalue weighted by molar-refractivity contribution is 0.108. The van der Waals surface area contributed by atoms with Gasteiger partial charge in [0.25, 0.3) is 0 Å². The molecule has 3 aromatic rings. The SMILES string of the molecule is CO.Cc1cccnc1C1CCCC(c2nc3ccccn3c2CC2CCN(C)CC2)N1C. The lowest BCUT2D eigenvalue weighted by atomic mass is 9.87. The Hall–Kier alpha value is -2.28. The molecule has 33 heavy (non-hydrogen) atoms. The molecule has 2 atom stereocenters. The van der Waals surface area contributed by atoms with Gasteiger partial charge in [0.2, 0.25) is 0 Å². The van der Waals surface area contributed by atoms with Crippen molar-refractivity contribution in [1.82, 2.24) is 24.2 Å². The maximum Gasteiger partial charge on any atom is 0.137 e. The Balaban J connectivity index is 0.00000126. The van der Waals surface area contributed by atoms with Gasteiger partial charge >= 0.3 is 0 Å². The number of aliphatic hydroxyl groups excluding tert-OH is 1. The van der Waals surface area contributed by atoms with Gasteiger partial charge in [-0.05, 0) is 102 Å². The maximum atomic E-state index is 7.00. The van der Waals surface area contributed by atoms with Crippen LogP contribution in [0.15, 0.2) is 42.7 Å². The van der Waals surface area contributed by atoms with Gasteiger partial charge < -0.3 is 14.4 Å². The minimum Gasteiger partial charge on any atom is -0.400 e. The Bertz CT molecular complexity index is 1040. The molecular formula is C27H39N5O. The number of fused-ring (bicyclic) bond motifs is 1. The molecule has 3 aromatic heterocycles. The number of aliphatic hydroxyl groups is 1. The summed E-state index contributed by atoms with van der Waals surface area (Å²) >= 11 is 0. The zero-order chi connectivity index (χ0) is 23.4. The summed E-state index contributed by atoms with van der Waals surface area (Å²) in [4.78, 5) is 15.0. The highest BCUT2D eigenvalue weighted by Gasteiger charge is 2.35. The lowest BCUT2D eigenvalue weighted by Crippen LogP contribution is -2.35. The van der Waals surface area contributed by atoms with Crippen LogP contribution < -0.4 is 0 Å². The van der Waals surface area contributed by atoms with Crippen molar-refractivity contribution in [3.63, 3.8) is 0 Å². The van der Waals surface area contributed by atoms with Crippen LogP contribution in [0.3, 0.4) is 0 Å². The van der Waals surface area contributed by atoms with E-state index in [1.165, 1.54) is 67.8 Å². The van der Waals surface area contributed by atoms with Gasteiger partial charge in [0.1, 0.15) is 5.65 Å². The minimum atomic E-state index is 0.348. The number of pyridine rings is 2. The van der Waals surface area contributed by atoms with Crippen molar-refractivity contribution in [2.45, 2.75) is 57.5 Å². The largest absolute Gasteiger partial charge is 0.400 e. The second kappa shape index (κ2) is 10.8. The van der Waals surface area contributed by atoms with Crippen molar-refractivity contribution in [3.05, 3.63) is 65.4 Å². The average Bonchev–Trinajstić information content (AvgIpc) is 3.21. The predicted octanol–water partition coefficient (Wildman–Crippen LogP) is 4.43. The Morgan fingerprint density at radius 2 is 1.67 bits per heavy atom. The van der Waals surface area contributed by atoms with Gasteiger partial charge in [0, 0.05) is 25.2 Å². The number of likely N-dealkylation sites (tertiary alicyclic amines) is 2. The van der Waals surface area contributed by atoms with Gasteiger partial charge in [-0.25, -0.2) is 4.98 Å². The molecule has 6 heteroatoms. The van der Waals surface area contributed by atoms with Gasteiger partial charge in [-0.3, -0.25) is 9.88 Å². The van der Waals surface area contributed by atoms with Gasteiger partial charge in [0.05, 0.1) is 23.5 Å². The zero-order valence-corrected chi connectivity index (χ0v) is 20.6. The van der Waals surface area contributed by atoms with Crippen LogP contribution in [-0.4, -0.2) is 63.6 Å². The van der Waals surface area contributed by atoms with Crippen molar-refractivity contribution in [1.29, 1.82) is 0 Å². The van der Waals surface area contributed by atoms with E-state index in [2.05, 4.69) is 65.7 Å². The summed E-state index contributed by atoms with van der Waals surface area (Å²) in [6.07, 6.45) is 11.4. The van der Waals surface area contributed by atoms with Crippen molar-refractivity contribution < 1.29 is 5.11 Å². The number of imidazole rings is 1. The van der Waals surface area contributed by atoms with Crippen LogP contribution in [0.4, 0.5) is 0 Å². The van der Waals surface area contributed by atoms with Crippen LogP contribution >= 0.6 is 0 Å². The summed E-state index contributed by atoms with van der Waals surface area (Å²) in [5.74, 6) is 0.748. The summed E-state index contributed by atoms with van der Waals surface area (Å²) in [7, 11) is 5.53. The number of aryl methyl sites for hydroxylation is 1. The van der Waals surface area contributed by atoms with Crippen molar-refractivity contribution in [3.8, 4) is 0 Å². The molecule has 6 nitrogen and oxygen atoms in total. The highest BCUT2D eigenvalue weighted by Crippen LogP contribution is 2.42. The molecule has 0 radical (unpaired) electrons. The van der Waals surface area contributed by atoms with E-state index in [4.69, 9.17) is 15.1 Å². The number of hydrogen-bond acceptors (Lipinski definition) is 5. The Labute approximate surface area is 198 Å². The maximum absolute atomic E-state index is 7.00. The van der Waals surface area contributed by atoms with Crippen molar-refractivity contribution >= 4 is 5.65 Å². The van der Waals surface area contributed by atoms with Crippen molar-refractivity contribution in [2.75, 3.05) is 34.3 Å². The molecule has 2 fully saturated rings. The zero-order valence-electron chi connectivity index (χ0n) is 20.6. The average molecular weight is 450 g/mol. The predicted molar refractivity (Wildman–Crippen MR) is 133 cm³/mol. The van der Waals surface area contributed by atoms with Gasteiger partial charge in [-0.15, -0.1) is 0 Å². The highest BCUT2D eigenvalue weighted by molar-refractivity contribution is 5.44. The standard InChI is InChI=1S/C26H35N5.CH4O/c1-19-8-7-14-27-25(19)21-9-6-10-22(30(21)3)26-23(18-20-12-16-29(2)17-13-20)31-15-5-4-11-24(31)28-26;1-2/h4-5,7-8,11,14-15,20-22H,6,9-10,12-13,16-18H2,1-3H3;2H,1H3. The molecule has 0 bridgehead atoms. The Morgan fingerprint density at radius 3 is 2.39 bits per heavy atom. The second-order valence-corrected chi connectivity index (χ2v) is 9.66. The first-order valence-electron chi connectivity index (χ1n) is 12.3. The van der Waals surface area contributed by atoms with E-state index in [-0.39, 0.29) is 0 Å². The number of nitrogens with zero attached hydrogens (tertiary/aromatic N) is 5. The van der Waals surface area contributed by atoms with Crippen molar-refractivity contribution in [2.24, 2.45) is 5.92 Å². The van der Waals surface area contributed by atoms with Crippen LogP contribution in [-0.2, 0) is 6.42 Å². The highest BCUT2D eigenvalue weighted by atomic mass is 16.2. The first-order valence-corrected chi connectivity index (χ1v) is 12.3. The molecule has 2 aliphatic rings. The summed E-state index contributed by atoms with van der Waals surface area (Å²) < 4.78 is 2.36. The molecule has 1 N–H and O–H groups in total. The minimum absolute atomic E-state index is 0.348. The number of aromatic nitrogens is 3. The monoisotopic (exact) mass is 449 g/mol. The van der Waals surface area contributed by atoms with E-state index in [1.54, 1.807) is 0 Å². The molecule has 2 aliphatic heterocycles. The summed E-state index contributed by atoms with van der Waals surface area (Å²) in [5, 5.41) is 7.00. The molecule has 2 unspecified atom stereocenters. The smallest absolute Gasteiger partial charge is 0.137 e. The molecule has 5 rings (SSSR count). The molecule has 2 saturated heterocycles. The van der Waals surface area contributed by atoms with E-state index in [1.807, 2.05) is 12.3 Å². The van der Waals surface area contributed by atoms with E-state index in [0.717, 1.165) is 25.1 Å². The number of hydrogen-bond donors (Lipinski definition) is 1. The third-order valence-corrected chi connectivity index (χ3v) is 7.60. The van der Waals surface area contributed by atoms with E-state index in [9.17, 15) is 0 Å². The normalized spacial score (nSPS) is 22.8. The van der Waals surface area contributed by atoms with Crippen LogP contribution in [0.25, 0.3) is 5.65 Å². The number of rotatable bonds is 4.